The maximum Gasteiger partial charge on any atom is 0.340 e. The van der Waals surface area contributed by atoms with Crippen LogP contribution in [0.1, 0.15) is 31.1 Å². The molecule has 0 bridgehead atoms. The summed E-state index contributed by atoms with van der Waals surface area (Å²) in [5.74, 6) is -0.308. The number of esters is 1. The van der Waals surface area contributed by atoms with Crippen molar-refractivity contribution in [3.63, 3.8) is 0 Å². The summed E-state index contributed by atoms with van der Waals surface area (Å²) in [4.78, 5) is 15.1. The molecule has 0 aliphatic carbocycles. The summed E-state index contributed by atoms with van der Waals surface area (Å²) in [7, 11) is 0. The molecule has 0 aliphatic heterocycles. The van der Waals surface area contributed by atoms with Crippen molar-refractivity contribution in [1.29, 1.82) is 0 Å². The summed E-state index contributed by atoms with van der Waals surface area (Å²) in [6.07, 6.45) is 1.82. The van der Waals surface area contributed by atoms with E-state index >= 15 is 0 Å². The molecule has 0 radical (unpaired) electrons. The predicted octanol–water partition coefficient (Wildman–Crippen LogP) is 3.89. The molecule has 2 aromatic rings. The van der Waals surface area contributed by atoms with E-state index in [0.717, 1.165) is 15.4 Å². The number of para-hydroxylation sites is 1. The summed E-state index contributed by atoms with van der Waals surface area (Å²) < 4.78 is 6.31. The average molecular weight is 296 g/mol. The topological polar surface area (TPSA) is 42.1 Å². The van der Waals surface area contributed by atoms with Gasteiger partial charge in [0, 0.05) is 16.1 Å². The summed E-state index contributed by atoms with van der Waals surface area (Å²) in [6.45, 7) is 5.57. The fourth-order valence-electron chi connectivity index (χ4n) is 1.62. The predicted molar refractivity (Wildman–Crippen MR) is 71.2 cm³/mol. The number of aromatic nitrogens is 1. The minimum absolute atomic E-state index is 0.308. The average Bonchev–Trinajstić information content (AvgIpc) is 2.58. The maximum atomic E-state index is 12.0. The number of halogens is 1. The number of rotatable bonds is 1. The van der Waals surface area contributed by atoms with E-state index in [4.69, 9.17) is 4.74 Å². The Kier molecular flexibility index (Phi) is 3.00. The van der Waals surface area contributed by atoms with Gasteiger partial charge in [-0.05, 0) is 42.8 Å². The normalized spacial score (nSPS) is 11.8. The third-order valence-electron chi connectivity index (χ3n) is 2.28. The standard InChI is InChI=1S/C13H14BrNO2/c1-13(2,3)17-12(16)9-6-4-5-8-10(14)7-15-11(8)9/h4-7,15H,1-3H3. The lowest BCUT2D eigenvalue weighted by atomic mass is 10.1. The van der Waals surface area contributed by atoms with Crippen molar-refractivity contribution >= 4 is 32.8 Å². The number of carbonyl (C=O) groups excluding carboxylic acids is 1. The molecule has 1 N–H and O–H groups in total. The van der Waals surface area contributed by atoms with E-state index < -0.39 is 5.60 Å². The van der Waals surface area contributed by atoms with E-state index in [1.54, 1.807) is 6.07 Å². The van der Waals surface area contributed by atoms with Gasteiger partial charge >= 0.3 is 5.97 Å². The molecule has 90 valence electrons. The Morgan fingerprint density at radius 3 is 2.71 bits per heavy atom. The van der Waals surface area contributed by atoms with Gasteiger partial charge in [0.15, 0.2) is 0 Å². The van der Waals surface area contributed by atoms with E-state index in [1.807, 2.05) is 39.1 Å². The molecular weight excluding hydrogens is 282 g/mol. The number of aromatic amines is 1. The molecule has 0 saturated carbocycles. The smallest absolute Gasteiger partial charge is 0.340 e. The van der Waals surface area contributed by atoms with Gasteiger partial charge < -0.3 is 9.72 Å². The highest BCUT2D eigenvalue weighted by molar-refractivity contribution is 9.10. The van der Waals surface area contributed by atoms with Gasteiger partial charge in [-0.25, -0.2) is 4.79 Å². The van der Waals surface area contributed by atoms with Gasteiger partial charge in [-0.3, -0.25) is 0 Å². The monoisotopic (exact) mass is 295 g/mol. The molecule has 3 nitrogen and oxygen atoms in total. The first-order valence-electron chi connectivity index (χ1n) is 5.37. The molecular formula is C13H14BrNO2. The van der Waals surface area contributed by atoms with E-state index in [-0.39, 0.29) is 5.97 Å². The summed E-state index contributed by atoms with van der Waals surface area (Å²) in [5.41, 5.74) is 0.875. The Labute approximate surface area is 108 Å². The first-order valence-corrected chi connectivity index (χ1v) is 6.17. The molecule has 0 unspecified atom stereocenters. The number of benzene rings is 1. The molecule has 1 aromatic carbocycles. The van der Waals surface area contributed by atoms with Crippen molar-refractivity contribution in [2.45, 2.75) is 26.4 Å². The van der Waals surface area contributed by atoms with Crippen molar-refractivity contribution in [1.82, 2.24) is 4.98 Å². The van der Waals surface area contributed by atoms with Crippen LogP contribution in [-0.4, -0.2) is 16.6 Å². The van der Waals surface area contributed by atoms with E-state index in [1.165, 1.54) is 0 Å². The second-order valence-corrected chi connectivity index (χ2v) is 5.72. The number of fused-ring (bicyclic) bond motifs is 1. The van der Waals surface area contributed by atoms with Crippen LogP contribution in [0.15, 0.2) is 28.9 Å². The van der Waals surface area contributed by atoms with Crippen LogP contribution in [0, 0.1) is 0 Å². The zero-order valence-electron chi connectivity index (χ0n) is 10.0. The van der Waals surface area contributed by atoms with Crippen molar-refractivity contribution in [3.8, 4) is 0 Å². The number of nitrogens with one attached hydrogen (secondary N) is 1. The second-order valence-electron chi connectivity index (χ2n) is 4.87. The van der Waals surface area contributed by atoms with Gasteiger partial charge in [0.2, 0.25) is 0 Å². The second kappa shape index (κ2) is 4.18. The lowest BCUT2D eigenvalue weighted by Gasteiger charge is -2.19. The number of ether oxygens (including phenoxy) is 1. The summed E-state index contributed by atoms with van der Waals surface area (Å²) in [6, 6.07) is 5.56. The molecule has 4 heteroatoms. The molecule has 0 amide bonds. The van der Waals surface area contributed by atoms with Crippen LogP contribution in [0.3, 0.4) is 0 Å². The SMILES string of the molecule is CC(C)(C)OC(=O)c1cccc2c(Br)c[nH]c12. The van der Waals surface area contributed by atoms with Gasteiger partial charge in [0.05, 0.1) is 11.1 Å². The lowest BCUT2D eigenvalue weighted by molar-refractivity contribution is 0.00717. The molecule has 1 aromatic heterocycles. The fraction of sp³-hybridized carbons (Fsp3) is 0.308. The van der Waals surface area contributed by atoms with Crippen molar-refractivity contribution in [2.75, 3.05) is 0 Å². The first-order chi connectivity index (χ1) is 7.88. The van der Waals surface area contributed by atoms with Crippen LogP contribution < -0.4 is 0 Å². The summed E-state index contributed by atoms with van der Waals surface area (Å²) in [5, 5.41) is 0.980. The zero-order valence-corrected chi connectivity index (χ0v) is 11.6. The first kappa shape index (κ1) is 12.2. The van der Waals surface area contributed by atoms with Crippen molar-refractivity contribution in [3.05, 3.63) is 34.4 Å². The number of hydrogen-bond donors (Lipinski definition) is 1. The number of H-pyrrole nitrogens is 1. The van der Waals surface area contributed by atoms with Crippen LogP contribution in [0.25, 0.3) is 10.9 Å². The summed E-state index contributed by atoms with van der Waals surface area (Å²) >= 11 is 3.43. The Hall–Kier alpha value is -1.29. The van der Waals surface area contributed by atoms with Crippen molar-refractivity contribution in [2.24, 2.45) is 0 Å². The van der Waals surface area contributed by atoms with Gasteiger partial charge in [-0.1, -0.05) is 12.1 Å². The molecule has 2 rings (SSSR count). The third-order valence-corrected chi connectivity index (χ3v) is 2.94. The minimum atomic E-state index is -0.483. The van der Waals surface area contributed by atoms with Gasteiger partial charge in [-0.15, -0.1) is 0 Å². The third kappa shape index (κ3) is 2.52. The number of hydrogen-bond acceptors (Lipinski definition) is 2. The molecule has 17 heavy (non-hydrogen) atoms. The Bertz CT molecular complexity index is 566. The van der Waals surface area contributed by atoms with E-state index in [2.05, 4.69) is 20.9 Å². The number of carbonyl (C=O) groups is 1. The van der Waals surface area contributed by atoms with Gasteiger partial charge in [-0.2, -0.15) is 0 Å². The highest BCUT2D eigenvalue weighted by Crippen LogP contribution is 2.26. The fourth-order valence-corrected chi connectivity index (χ4v) is 2.07. The van der Waals surface area contributed by atoms with Crippen LogP contribution in [0.2, 0.25) is 0 Å². The lowest BCUT2D eigenvalue weighted by Crippen LogP contribution is -2.24. The minimum Gasteiger partial charge on any atom is -0.456 e. The zero-order chi connectivity index (χ0) is 12.6. The molecule has 0 spiro atoms. The maximum absolute atomic E-state index is 12.0. The Morgan fingerprint density at radius 1 is 1.35 bits per heavy atom. The van der Waals surface area contributed by atoms with E-state index in [0.29, 0.717) is 5.56 Å². The Morgan fingerprint density at radius 2 is 2.06 bits per heavy atom. The molecule has 0 aliphatic rings. The molecule has 0 saturated heterocycles. The Balaban J connectivity index is 2.45. The van der Waals surface area contributed by atoms with Gasteiger partial charge in [0.1, 0.15) is 5.60 Å². The van der Waals surface area contributed by atoms with Gasteiger partial charge in [0.25, 0.3) is 0 Å². The highest BCUT2D eigenvalue weighted by Gasteiger charge is 2.20. The molecule has 0 atom stereocenters. The van der Waals surface area contributed by atoms with Crippen molar-refractivity contribution < 1.29 is 9.53 Å². The molecule has 0 fully saturated rings. The van der Waals surface area contributed by atoms with E-state index in [9.17, 15) is 4.79 Å². The van der Waals surface area contributed by atoms with Crippen LogP contribution in [0.4, 0.5) is 0 Å². The highest BCUT2D eigenvalue weighted by atomic mass is 79.9. The van der Waals surface area contributed by atoms with Crippen LogP contribution in [-0.2, 0) is 4.74 Å². The van der Waals surface area contributed by atoms with Crippen LogP contribution in [0.5, 0.6) is 0 Å². The largest absolute Gasteiger partial charge is 0.456 e. The van der Waals surface area contributed by atoms with Crippen LogP contribution >= 0.6 is 15.9 Å². The quantitative estimate of drug-likeness (QED) is 0.811. The molecule has 1 heterocycles.